The molecule has 0 bridgehead atoms. The van der Waals surface area contributed by atoms with E-state index in [2.05, 4.69) is 5.32 Å². The molecule has 0 aliphatic carbocycles. The van der Waals surface area contributed by atoms with Gasteiger partial charge in [-0.05, 0) is 30.2 Å². The average molecular weight is 269 g/mol. The highest BCUT2D eigenvalue weighted by molar-refractivity contribution is 6.30. The third-order valence-corrected chi connectivity index (χ3v) is 3.16. The van der Waals surface area contributed by atoms with Gasteiger partial charge in [0.15, 0.2) is 0 Å². The number of rotatable bonds is 5. The van der Waals surface area contributed by atoms with Gasteiger partial charge in [-0.1, -0.05) is 31.9 Å². The maximum Gasteiger partial charge on any atom is 0.251 e. The Labute approximate surface area is 112 Å². The van der Waals surface area contributed by atoms with Crippen LogP contribution in [-0.4, -0.2) is 17.9 Å². The van der Waals surface area contributed by atoms with Gasteiger partial charge >= 0.3 is 0 Å². The predicted octanol–water partition coefficient (Wildman–Crippen LogP) is 1.97. The number of primary amides is 1. The first-order valence-electron chi connectivity index (χ1n) is 5.81. The minimum absolute atomic E-state index is 0.00116. The molecule has 1 aromatic carbocycles. The van der Waals surface area contributed by atoms with E-state index in [9.17, 15) is 9.59 Å². The topological polar surface area (TPSA) is 72.2 Å². The van der Waals surface area contributed by atoms with Crippen molar-refractivity contribution in [3.05, 3.63) is 34.9 Å². The molecule has 5 heteroatoms. The summed E-state index contributed by atoms with van der Waals surface area (Å²) < 4.78 is 0. The Bertz CT molecular complexity index is 431. The van der Waals surface area contributed by atoms with Crippen LogP contribution in [0.1, 0.15) is 30.6 Å². The minimum atomic E-state index is -0.654. The molecule has 0 radical (unpaired) electrons. The van der Waals surface area contributed by atoms with Crippen LogP contribution < -0.4 is 11.1 Å². The molecule has 2 atom stereocenters. The molecule has 0 unspecified atom stereocenters. The normalized spacial score (nSPS) is 13.7. The molecule has 0 aliphatic rings. The Kier molecular flexibility index (Phi) is 5.16. The molecule has 0 saturated carbocycles. The van der Waals surface area contributed by atoms with Crippen LogP contribution in [0.5, 0.6) is 0 Å². The van der Waals surface area contributed by atoms with Crippen molar-refractivity contribution in [2.45, 2.75) is 26.3 Å². The molecule has 0 aliphatic heterocycles. The van der Waals surface area contributed by atoms with E-state index in [1.807, 2.05) is 13.8 Å². The van der Waals surface area contributed by atoms with Gasteiger partial charge < -0.3 is 11.1 Å². The highest BCUT2D eigenvalue weighted by atomic mass is 35.5. The Balaban J connectivity index is 2.78. The lowest BCUT2D eigenvalue weighted by atomic mass is 9.98. The van der Waals surface area contributed by atoms with Gasteiger partial charge in [0.05, 0.1) is 0 Å². The quantitative estimate of drug-likeness (QED) is 0.857. The molecule has 0 saturated heterocycles. The Morgan fingerprint density at radius 3 is 2.33 bits per heavy atom. The fraction of sp³-hybridized carbons (Fsp3) is 0.385. The lowest BCUT2D eigenvalue weighted by molar-refractivity contribution is -0.120. The SMILES string of the molecule is CC[C@H](C)[C@@H](NC(=O)c1ccc(Cl)cc1)C(N)=O. The molecule has 4 nitrogen and oxygen atoms in total. The molecule has 0 aromatic heterocycles. The van der Waals surface area contributed by atoms with Gasteiger partial charge in [0.1, 0.15) is 6.04 Å². The van der Waals surface area contributed by atoms with Crippen LogP contribution in [0.2, 0.25) is 5.02 Å². The maximum atomic E-state index is 11.9. The summed E-state index contributed by atoms with van der Waals surface area (Å²) in [5.41, 5.74) is 5.74. The van der Waals surface area contributed by atoms with Gasteiger partial charge in [0.25, 0.3) is 5.91 Å². The second-order valence-corrected chi connectivity index (χ2v) is 4.68. The molecule has 1 rings (SSSR count). The fourth-order valence-electron chi connectivity index (χ4n) is 1.56. The van der Waals surface area contributed by atoms with Gasteiger partial charge in [-0.15, -0.1) is 0 Å². The second kappa shape index (κ2) is 6.40. The number of carbonyl (C=O) groups is 2. The lowest BCUT2D eigenvalue weighted by Gasteiger charge is -2.21. The molecule has 18 heavy (non-hydrogen) atoms. The molecule has 0 fully saturated rings. The van der Waals surface area contributed by atoms with Crippen molar-refractivity contribution in [1.82, 2.24) is 5.32 Å². The van der Waals surface area contributed by atoms with Crippen LogP contribution >= 0.6 is 11.6 Å². The predicted molar refractivity (Wildman–Crippen MR) is 71.4 cm³/mol. The summed E-state index contributed by atoms with van der Waals surface area (Å²) in [6, 6.07) is 5.80. The molecule has 0 spiro atoms. The van der Waals surface area contributed by atoms with E-state index in [0.29, 0.717) is 10.6 Å². The average Bonchev–Trinajstić information content (AvgIpc) is 2.35. The summed E-state index contributed by atoms with van der Waals surface area (Å²) in [7, 11) is 0. The van der Waals surface area contributed by atoms with E-state index in [0.717, 1.165) is 6.42 Å². The molecule has 98 valence electrons. The summed E-state index contributed by atoms with van der Waals surface area (Å²) in [6.45, 7) is 3.81. The fourth-order valence-corrected chi connectivity index (χ4v) is 1.68. The highest BCUT2D eigenvalue weighted by Crippen LogP contribution is 2.11. The minimum Gasteiger partial charge on any atom is -0.368 e. The van der Waals surface area contributed by atoms with Gasteiger partial charge in [0, 0.05) is 10.6 Å². The van der Waals surface area contributed by atoms with E-state index in [-0.39, 0.29) is 11.8 Å². The van der Waals surface area contributed by atoms with Crippen LogP contribution in [0.3, 0.4) is 0 Å². The van der Waals surface area contributed by atoms with Crippen molar-refractivity contribution in [2.24, 2.45) is 11.7 Å². The third-order valence-electron chi connectivity index (χ3n) is 2.91. The van der Waals surface area contributed by atoms with E-state index >= 15 is 0 Å². The van der Waals surface area contributed by atoms with Gasteiger partial charge in [0.2, 0.25) is 5.91 Å². The summed E-state index contributed by atoms with van der Waals surface area (Å²) >= 11 is 5.74. The lowest BCUT2D eigenvalue weighted by Crippen LogP contribution is -2.48. The first-order chi connectivity index (χ1) is 8.45. The summed E-state index contributed by atoms with van der Waals surface area (Å²) in [4.78, 5) is 23.2. The zero-order chi connectivity index (χ0) is 13.7. The van der Waals surface area contributed by atoms with Gasteiger partial charge in [-0.25, -0.2) is 0 Å². The number of hydrogen-bond donors (Lipinski definition) is 2. The van der Waals surface area contributed by atoms with E-state index in [1.165, 1.54) is 0 Å². The van der Waals surface area contributed by atoms with Crippen LogP contribution in [0.25, 0.3) is 0 Å². The number of amides is 2. The number of nitrogens with two attached hydrogens (primary N) is 1. The van der Waals surface area contributed by atoms with Gasteiger partial charge in [-0.2, -0.15) is 0 Å². The largest absolute Gasteiger partial charge is 0.368 e. The smallest absolute Gasteiger partial charge is 0.251 e. The standard InChI is InChI=1S/C13H17ClN2O2/c1-3-8(2)11(12(15)17)16-13(18)9-4-6-10(14)7-5-9/h4-8,11H,3H2,1-2H3,(H2,15,17)(H,16,18)/t8-,11+/m0/s1. The van der Waals surface area contributed by atoms with E-state index in [1.54, 1.807) is 24.3 Å². The molecular formula is C13H17ClN2O2. The Morgan fingerprint density at radius 2 is 1.89 bits per heavy atom. The number of nitrogens with one attached hydrogen (secondary N) is 1. The van der Waals surface area contributed by atoms with Crippen molar-refractivity contribution in [3.63, 3.8) is 0 Å². The molecule has 1 aromatic rings. The van der Waals surface area contributed by atoms with Crippen molar-refractivity contribution in [1.29, 1.82) is 0 Å². The van der Waals surface area contributed by atoms with Crippen LogP contribution in [0.15, 0.2) is 24.3 Å². The highest BCUT2D eigenvalue weighted by Gasteiger charge is 2.23. The Hall–Kier alpha value is -1.55. The van der Waals surface area contributed by atoms with Crippen LogP contribution in [0, 0.1) is 5.92 Å². The molecule has 0 heterocycles. The zero-order valence-electron chi connectivity index (χ0n) is 10.4. The number of halogens is 1. The van der Waals surface area contributed by atoms with E-state index < -0.39 is 11.9 Å². The maximum absolute atomic E-state index is 11.9. The number of carbonyl (C=O) groups excluding carboxylic acids is 2. The number of benzene rings is 1. The first-order valence-corrected chi connectivity index (χ1v) is 6.19. The van der Waals surface area contributed by atoms with Crippen molar-refractivity contribution >= 4 is 23.4 Å². The van der Waals surface area contributed by atoms with Crippen molar-refractivity contribution < 1.29 is 9.59 Å². The van der Waals surface area contributed by atoms with Crippen molar-refractivity contribution in [3.8, 4) is 0 Å². The summed E-state index contributed by atoms with van der Waals surface area (Å²) in [5.74, 6) is -0.846. The van der Waals surface area contributed by atoms with E-state index in [4.69, 9.17) is 17.3 Å². The summed E-state index contributed by atoms with van der Waals surface area (Å²) in [6.07, 6.45) is 0.758. The molecular weight excluding hydrogens is 252 g/mol. The van der Waals surface area contributed by atoms with Crippen LogP contribution in [-0.2, 0) is 4.79 Å². The number of hydrogen-bond acceptors (Lipinski definition) is 2. The monoisotopic (exact) mass is 268 g/mol. The molecule has 2 amide bonds. The first kappa shape index (κ1) is 14.5. The van der Waals surface area contributed by atoms with Crippen molar-refractivity contribution in [2.75, 3.05) is 0 Å². The Morgan fingerprint density at radius 1 is 1.33 bits per heavy atom. The molecule has 3 N–H and O–H groups in total. The van der Waals surface area contributed by atoms with Gasteiger partial charge in [-0.3, -0.25) is 9.59 Å². The third kappa shape index (κ3) is 3.74. The van der Waals surface area contributed by atoms with Crippen LogP contribution in [0.4, 0.5) is 0 Å². The zero-order valence-corrected chi connectivity index (χ0v) is 11.2. The second-order valence-electron chi connectivity index (χ2n) is 4.25. The summed E-state index contributed by atoms with van der Waals surface area (Å²) in [5, 5.41) is 3.20.